The summed E-state index contributed by atoms with van der Waals surface area (Å²) in [4.78, 5) is 11.9. The number of sulfone groups is 1. The fourth-order valence-corrected chi connectivity index (χ4v) is 4.26. The number of amides is 1. The maximum atomic E-state index is 11.9. The summed E-state index contributed by atoms with van der Waals surface area (Å²) >= 11 is 1.17. The molecule has 2 aromatic heterocycles. The second-order valence-corrected chi connectivity index (χ2v) is 7.73. The van der Waals surface area contributed by atoms with Gasteiger partial charge in [-0.1, -0.05) is 6.07 Å². The second-order valence-electron chi connectivity index (χ2n) is 4.45. The fourth-order valence-electron chi connectivity index (χ4n) is 1.95. The van der Waals surface area contributed by atoms with Gasteiger partial charge in [0.2, 0.25) is 5.88 Å². The van der Waals surface area contributed by atoms with Gasteiger partial charge in [-0.05, 0) is 11.4 Å². The Morgan fingerprint density at radius 2 is 2.38 bits per heavy atom. The quantitative estimate of drug-likeness (QED) is 0.865. The van der Waals surface area contributed by atoms with Gasteiger partial charge in [0, 0.05) is 12.6 Å². The molecule has 0 aromatic carbocycles. The third-order valence-corrected chi connectivity index (χ3v) is 6.19. The highest BCUT2D eigenvalue weighted by Crippen LogP contribution is 2.18. The Morgan fingerprint density at radius 3 is 3.10 bits per heavy atom. The van der Waals surface area contributed by atoms with E-state index in [1.54, 1.807) is 28.3 Å². The molecule has 0 radical (unpaired) electrons. The number of fused-ring (bicyclic) bond motifs is 1. The summed E-state index contributed by atoms with van der Waals surface area (Å²) in [6.45, 7) is 1.22. The van der Waals surface area contributed by atoms with Crippen LogP contribution in [0.3, 0.4) is 0 Å². The maximum Gasteiger partial charge on any atom is 0.271 e. The third-order valence-electron chi connectivity index (χ3n) is 2.99. The Labute approximate surface area is 125 Å². The van der Waals surface area contributed by atoms with Crippen LogP contribution in [-0.4, -0.2) is 43.0 Å². The molecular weight excluding hydrogens is 314 g/mol. The molecule has 21 heavy (non-hydrogen) atoms. The molecular formula is C12H13N3O4S2. The molecule has 0 bridgehead atoms. The topological polar surface area (TPSA) is 90.3 Å². The lowest BCUT2D eigenvalue weighted by Gasteiger charge is -2.03. The van der Waals surface area contributed by atoms with Crippen LogP contribution < -0.4 is 10.1 Å². The van der Waals surface area contributed by atoms with Crippen molar-refractivity contribution in [3.63, 3.8) is 0 Å². The van der Waals surface area contributed by atoms with E-state index in [0.29, 0.717) is 23.2 Å². The van der Waals surface area contributed by atoms with Crippen LogP contribution in [0.15, 0.2) is 27.8 Å². The molecule has 7 nitrogen and oxygen atoms in total. The van der Waals surface area contributed by atoms with Crippen LogP contribution in [0.4, 0.5) is 0 Å². The molecule has 0 unspecified atom stereocenters. The van der Waals surface area contributed by atoms with E-state index in [1.807, 2.05) is 0 Å². The first kappa shape index (κ1) is 14.1. The van der Waals surface area contributed by atoms with Crippen LogP contribution in [0, 0.1) is 0 Å². The highest BCUT2D eigenvalue weighted by atomic mass is 32.2. The highest BCUT2D eigenvalue weighted by Gasteiger charge is 2.20. The zero-order valence-electron chi connectivity index (χ0n) is 11.0. The average Bonchev–Trinajstić information content (AvgIpc) is 3.14. The summed E-state index contributed by atoms with van der Waals surface area (Å²) in [7, 11) is -3.34. The molecule has 1 N–H and O–H groups in total. The molecule has 2 aromatic rings. The summed E-state index contributed by atoms with van der Waals surface area (Å²) in [6, 6.07) is 4.79. The molecule has 0 fully saturated rings. The lowest BCUT2D eigenvalue weighted by atomic mass is 10.4. The maximum absolute atomic E-state index is 11.9. The SMILES string of the molecule is O=C(NCCS(=O)(=O)c1cccs1)c1cc2n(n1)CCO2. The molecule has 1 amide bonds. The van der Waals surface area contributed by atoms with Gasteiger partial charge in [-0.15, -0.1) is 11.3 Å². The molecule has 0 aliphatic carbocycles. The van der Waals surface area contributed by atoms with Crippen molar-refractivity contribution in [2.45, 2.75) is 10.8 Å². The van der Waals surface area contributed by atoms with Gasteiger partial charge in [-0.3, -0.25) is 4.79 Å². The molecule has 1 aliphatic heterocycles. The van der Waals surface area contributed by atoms with Gasteiger partial charge in [-0.25, -0.2) is 13.1 Å². The molecule has 1 aliphatic rings. The van der Waals surface area contributed by atoms with Crippen molar-refractivity contribution >= 4 is 27.1 Å². The Kier molecular flexibility index (Phi) is 3.68. The molecule has 0 saturated carbocycles. The van der Waals surface area contributed by atoms with Crippen molar-refractivity contribution in [2.75, 3.05) is 18.9 Å². The van der Waals surface area contributed by atoms with Crippen molar-refractivity contribution < 1.29 is 17.9 Å². The standard InChI is InChI=1S/C12H13N3O4S2/c16-12(9-8-10-15(14-9)4-5-19-10)13-3-7-21(17,18)11-2-1-6-20-11/h1-2,6,8H,3-5,7H2,(H,13,16). The molecule has 0 saturated heterocycles. The number of carbonyl (C=O) groups is 1. The number of rotatable bonds is 5. The number of hydrogen-bond donors (Lipinski definition) is 1. The number of carbonyl (C=O) groups excluding carboxylic acids is 1. The van der Waals surface area contributed by atoms with Crippen molar-refractivity contribution in [3.05, 3.63) is 29.3 Å². The van der Waals surface area contributed by atoms with E-state index in [-0.39, 0.29) is 18.0 Å². The smallest absolute Gasteiger partial charge is 0.271 e. The lowest BCUT2D eigenvalue weighted by molar-refractivity contribution is 0.0950. The Morgan fingerprint density at radius 1 is 1.52 bits per heavy atom. The predicted octanol–water partition coefficient (Wildman–Crippen LogP) is 0.541. The number of ether oxygens (including phenoxy) is 1. The first-order valence-electron chi connectivity index (χ1n) is 6.31. The largest absolute Gasteiger partial charge is 0.476 e. The summed E-state index contributed by atoms with van der Waals surface area (Å²) in [5, 5.41) is 8.36. The summed E-state index contributed by atoms with van der Waals surface area (Å²) in [5.41, 5.74) is 0.234. The van der Waals surface area contributed by atoms with Crippen molar-refractivity contribution in [1.29, 1.82) is 0 Å². The van der Waals surface area contributed by atoms with Gasteiger partial charge >= 0.3 is 0 Å². The van der Waals surface area contributed by atoms with E-state index in [2.05, 4.69) is 10.4 Å². The Bertz CT molecular complexity index is 728. The average molecular weight is 327 g/mol. The number of aromatic nitrogens is 2. The van der Waals surface area contributed by atoms with E-state index < -0.39 is 15.7 Å². The summed E-state index contributed by atoms with van der Waals surface area (Å²) in [5.74, 6) is 0.0248. The minimum atomic E-state index is -3.34. The van der Waals surface area contributed by atoms with Crippen LogP contribution in [0.2, 0.25) is 0 Å². The number of thiophene rings is 1. The first-order chi connectivity index (χ1) is 10.1. The minimum absolute atomic E-state index is 0.0438. The molecule has 3 heterocycles. The predicted molar refractivity (Wildman–Crippen MR) is 76.4 cm³/mol. The monoisotopic (exact) mass is 327 g/mol. The van der Waals surface area contributed by atoms with Gasteiger partial charge < -0.3 is 10.1 Å². The highest BCUT2D eigenvalue weighted by molar-refractivity contribution is 7.93. The zero-order valence-corrected chi connectivity index (χ0v) is 12.6. The van der Waals surface area contributed by atoms with Crippen LogP contribution in [0.25, 0.3) is 0 Å². The molecule has 112 valence electrons. The van der Waals surface area contributed by atoms with Gasteiger partial charge in [0.25, 0.3) is 5.91 Å². The van der Waals surface area contributed by atoms with Crippen molar-refractivity contribution in [1.82, 2.24) is 15.1 Å². The third kappa shape index (κ3) is 2.93. The summed E-state index contributed by atoms with van der Waals surface area (Å²) < 4.78 is 31.1. The van der Waals surface area contributed by atoms with Gasteiger partial charge in [0.1, 0.15) is 10.8 Å². The normalized spacial score (nSPS) is 13.7. The Hall–Kier alpha value is -1.87. The number of nitrogens with one attached hydrogen (secondary N) is 1. The van der Waals surface area contributed by atoms with Crippen LogP contribution in [0.5, 0.6) is 5.88 Å². The van der Waals surface area contributed by atoms with E-state index in [0.717, 1.165) is 0 Å². The first-order valence-corrected chi connectivity index (χ1v) is 8.84. The molecule has 0 atom stereocenters. The van der Waals surface area contributed by atoms with E-state index in [9.17, 15) is 13.2 Å². The Balaban J connectivity index is 1.56. The fraction of sp³-hybridized carbons (Fsp3) is 0.333. The van der Waals surface area contributed by atoms with E-state index in [1.165, 1.54) is 11.3 Å². The summed E-state index contributed by atoms with van der Waals surface area (Å²) in [6.07, 6.45) is 0. The van der Waals surface area contributed by atoms with Crippen LogP contribution in [-0.2, 0) is 16.4 Å². The molecule has 3 rings (SSSR count). The lowest BCUT2D eigenvalue weighted by Crippen LogP contribution is -2.29. The molecule has 0 spiro atoms. The second kappa shape index (κ2) is 5.49. The van der Waals surface area contributed by atoms with E-state index >= 15 is 0 Å². The van der Waals surface area contributed by atoms with Gasteiger partial charge in [0.15, 0.2) is 15.5 Å². The van der Waals surface area contributed by atoms with Crippen LogP contribution >= 0.6 is 11.3 Å². The number of hydrogen-bond acceptors (Lipinski definition) is 6. The zero-order chi connectivity index (χ0) is 14.9. The van der Waals surface area contributed by atoms with Crippen molar-refractivity contribution in [3.8, 4) is 5.88 Å². The van der Waals surface area contributed by atoms with Gasteiger partial charge in [0.05, 0.1) is 12.3 Å². The molecule has 9 heteroatoms. The number of nitrogens with zero attached hydrogens (tertiary/aromatic N) is 2. The van der Waals surface area contributed by atoms with Crippen molar-refractivity contribution in [2.24, 2.45) is 0 Å². The van der Waals surface area contributed by atoms with E-state index in [4.69, 9.17) is 4.74 Å². The van der Waals surface area contributed by atoms with Gasteiger partial charge in [-0.2, -0.15) is 5.10 Å². The van der Waals surface area contributed by atoms with Crippen LogP contribution in [0.1, 0.15) is 10.5 Å². The minimum Gasteiger partial charge on any atom is -0.476 e.